The van der Waals surface area contributed by atoms with Gasteiger partial charge in [0.25, 0.3) is 11.8 Å². The Morgan fingerprint density at radius 2 is 1.45 bits per heavy atom. The molecule has 3 aromatic rings. The molecule has 0 bridgehead atoms. The van der Waals surface area contributed by atoms with Crippen LogP contribution < -0.4 is 0 Å². The normalized spacial score (nSPS) is 13.6. The van der Waals surface area contributed by atoms with Gasteiger partial charge in [0.15, 0.2) is 0 Å². The van der Waals surface area contributed by atoms with Gasteiger partial charge in [-0.1, -0.05) is 47.7 Å². The average Bonchev–Trinajstić information content (AvgIpc) is 2.93. The number of carbonyl (C=O) groups excluding carboxylic acids is 2. The predicted molar refractivity (Wildman–Crippen MR) is 107 cm³/mol. The third-order valence-electron chi connectivity index (χ3n) is 4.28. The van der Waals surface area contributed by atoms with E-state index < -0.39 is 21.9 Å². The third kappa shape index (κ3) is 3.82. The molecule has 4 rings (SSSR count). The molecule has 0 saturated carbocycles. The summed E-state index contributed by atoms with van der Waals surface area (Å²) in [6, 6.07) is 20.2. The molecule has 0 spiro atoms. The van der Waals surface area contributed by atoms with Crippen LogP contribution in [0.3, 0.4) is 0 Å². The van der Waals surface area contributed by atoms with Gasteiger partial charge >= 0.3 is 10.1 Å². The lowest BCUT2D eigenvalue weighted by Crippen LogP contribution is -2.32. The van der Waals surface area contributed by atoms with Gasteiger partial charge in [0, 0.05) is 9.79 Å². The monoisotopic (exact) mass is 425 g/mol. The Kier molecular flexibility index (Phi) is 4.99. The maximum Gasteiger partial charge on any atom is 0.318 e. The van der Waals surface area contributed by atoms with Crippen LogP contribution in [0.15, 0.2) is 87.5 Å². The van der Waals surface area contributed by atoms with Crippen LogP contribution >= 0.6 is 11.8 Å². The van der Waals surface area contributed by atoms with E-state index in [0.29, 0.717) is 5.06 Å². The maximum absolute atomic E-state index is 12.7. The Bertz CT molecular complexity index is 1210. The molecule has 0 fully saturated rings. The fourth-order valence-electron chi connectivity index (χ4n) is 2.80. The van der Waals surface area contributed by atoms with Crippen LogP contribution in [0.5, 0.6) is 0 Å². The first kappa shape index (κ1) is 19.4. The molecule has 2 amide bonds. The average molecular weight is 425 g/mol. The Balaban J connectivity index is 1.59. The SMILES string of the molecule is Cc1ccc(S(=O)(=O)ON2C(=O)c3ccc(Sc4ccccc4)cc3C2=O)cc1. The molecule has 0 aromatic heterocycles. The molecule has 146 valence electrons. The van der Waals surface area contributed by atoms with E-state index in [1.807, 2.05) is 37.3 Å². The summed E-state index contributed by atoms with van der Waals surface area (Å²) >= 11 is 1.43. The summed E-state index contributed by atoms with van der Waals surface area (Å²) in [6.45, 7) is 1.81. The van der Waals surface area contributed by atoms with Gasteiger partial charge in [0.2, 0.25) is 0 Å². The minimum atomic E-state index is -4.32. The zero-order valence-electron chi connectivity index (χ0n) is 15.2. The highest BCUT2D eigenvalue weighted by molar-refractivity contribution is 7.99. The molecule has 0 unspecified atom stereocenters. The molecule has 29 heavy (non-hydrogen) atoms. The van der Waals surface area contributed by atoms with E-state index in [1.54, 1.807) is 24.3 Å². The van der Waals surface area contributed by atoms with Gasteiger partial charge in [0.05, 0.1) is 16.0 Å². The van der Waals surface area contributed by atoms with E-state index in [0.717, 1.165) is 15.4 Å². The lowest BCUT2D eigenvalue weighted by Gasteiger charge is -2.13. The first-order valence-corrected chi connectivity index (χ1v) is 10.8. The number of hydrogen-bond donors (Lipinski definition) is 0. The quantitative estimate of drug-likeness (QED) is 0.574. The van der Waals surface area contributed by atoms with Gasteiger partial charge in [0.1, 0.15) is 0 Å². The lowest BCUT2D eigenvalue weighted by atomic mass is 10.1. The number of aryl methyl sites for hydroxylation is 1. The molecule has 0 N–H and O–H groups in total. The van der Waals surface area contributed by atoms with Gasteiger partial charge in [-0.15, -0.1) is 9.35 Å². The summed E-state index contributed by atoms with van der Waals surface area (Å²) in [6.07, 6.45) is 0. The van der Waals surface area contributed by atoms with E-state index in [2.05, 4.69) is 0 Å². The van der Waals surface area contributed by atoms with Crippen molar-refractivity contribution in [1.29, 1.82) is 0 Å². The van der Waals surface area contributed by atoms with Crippen molar-refractivity contribution in [3.8, 4) is 0 Å². The Morgan fingerprint density at radius 1 is 0.793 bits per heavy atom. The summed E-state index contributed by atoms with van der Waals surface area (Å²) in [5, 5.41) is 0.302. The standard InChI is InChI=1S/C21H15NO5S2/c1-14-7-10-17(11-8-14)29(25,26)27-22-20(23)18-12-9-16(13-19(18)21(22)24)28-15-5-3-2-4-6-15/h2-13H,1H3. The molecular formula is C21H15NO5S2. The van der Waals surface area contributed by atoms with Crippen LogP contribution in [0.4, 0.5) is 0 Å². The van der Waals surface area contributed by atoms with Gasteiger partial charge < -0.3 is 0 Å². The topological polar surface area (TPSA) is 80.8 Å². The zero-order valence-corrected chi connectivity index (χ0v) is 16.9. The largest absolute Gasteiger partial charge is 0.318 e. The van der Waals surface area contributed by atoms with Crippen molar-refractivity contribution >= 4 is 33.7 Å². The van der Waals surface area contributed by atoms with E-state index in [-0.39, 0.29) is 16.0 Å². The molecular weight excluding hydrogens is 410 g/mol. The van der Waals surface area contributed by atoms with Crippen LogP contribution in [0.1, 0.15) is 26.3 Å². The summed E-state index contributed by atoms with van der Waals surface area (Å²) in [7, 11) is -4.32. The van der Waals surface area contributed by atoms with Crippen LogP contribution in [0.2, 0.25) is 0 Å². The molecule has 0 atom stereocenters. The Labute approximate surface area is 172 Å². The van der Waals surface area contributed by atoms with Gasteiger partial charge in [-0.3, -0.25) is 9.59 Å². The number of amides is 2. The molecule has 8 heteroatoms. The van der Waals surface area contributed by atoms with Crippen LogP contribution in [-0.2, 0) is 14.4 Å². The zero-order chi connectivity index (χ0) is 20.6. The van der Waals surface area contributed by atoms with Crippen LogP contribution in [0, 0.1) is 6.92 Å². The number of imide groups is 1. The number of hydroxylamine groups is 2. The van der Waals surface area contributed by atoms with Crippen molar-refractivity contribution in [2.45, 2.75) is 21.6 Å². The number of benzene rings is 3. The van der Waals surface area contributed by atoms with Crippen LogP contribution in [0.25, 0.3) is 0 Å². The molecule has 6 nitrogen and oxygen atoms in total. The second-order valence-corrected chi connectivity index (χ2v) is 9.04. The molecule has 3 aromatic carbocycles. The molecule has 1 aliphatic rings. The predicted octanol–water partition coefficient (Wildman–Crippen LogP) is 4.06. The minimum absolute atomic E-state index is 0.103. The Hall–Kier alpha value is -2.94. The van der Waals surface area contributed by atoms with Crippen molar-refractivity contribution in [2.75, 3.05) is 0 Å². The second-order valence-electron chi connectivity index (χ2n) is 6.37. The van der Waals surface area contributed by atoms with Crippen molar-refractivity contribution in [2.24, 2.45) is 0 Å². The van der Waals surface area contributed by atoms with Crippen LogP contribution in [-0.4, -0.2) is 25.3 Å². The Morgan fingerprint density at radius 3 is 2.14 bits per heavy atom. The molecule has 1 aliphatic heterocycles. The highest BCUT2D eigenvalue weighted by Gasteiger charge is 2.40. The van der Waals surface area contributed by atoms with Gasteiger partial charge in [-0.25, -0.2) is 0 Å². The fourth-order valence-corrected chi connectivity index (χ4v) is 4.57. The second kappa shape index (κ2) is 7.47. The first-order valence-electron chi connectivity index (χ1n) is 8.62. The summed E-state index contributed by atoms with van der Waals surface area (Å²) in [5.74, 6) is -1.62. The smallest absolute Gasteiger partial charge is 0.266 e. The number of rotatable bonds is 5. The highest BCUT2D eigenvalue weighted by atomic mass is 32.2. The summed E-state index contributed by atoms with van der Waals surface area (Å²) in [4.78, 5) is 26.8. The van der Waals surface area contributed by atoms with E-state index in [9.17, 15) is 18.0 Å². The summed E-state index contributed by atoms with van der Waals surface area (Å²) < 4.78 is 29.8. The lowest BCUT2D eigenvalue weighted by molar-refractivity contribution is -0.0103. The number of hydrogen-bond acceptors (Lipinski definition) is 6. The van der Waals surface area contributed by atoms with E-state index in [1.165, 1.54) is 30.0 Å². The van der Waals surface area contributed by atoms with Crippen molar-refractivity contribution < 1.29 is 22.3 Å². The third-order valence-corrected chi connectivity index (χ3v) is 6.47. The molecule has 0 aliphatic carbocycles. The van der Waals surface area contributed by atoms with E-state index >= 15 is 0 Å². The minimum Gasteiger partial charge on any atom is -0.266 e. The highest BCUT2D eigenvalue weighted by Crippen LogP contribution is 2.33. The molecule has 0 saturated heterocycles. The maximum atomic E-state index is 12.7. The van der Waals surface area contributed by atoms with Gasteiger partial charge in [-0.2, -0.15) is 8.42 Å². The molecule has 0 radical (unpaired) electrons. The van der Waals surface area contributed by atoms with Crippen molar-refractivity contribution in [1.82, 2.24) is 5.06 Å². The van der Waals surface area contributed by atoms with E-state index in [4.69, 9.17) is 4.28 Å². The number of carbonyl (C=O) groups is 2. The van der Waals surface area contributed by atoms with Crippen molar-refractivity contribution in [3.63, 3.8) is 0 Å². The summed E-state index contributed by atoms with van der Waals surface area (Å²) in [5.41, 5.74) is 1.08. The first-order chi connectivity index (χ1) is 13.8. The number of nitrogens with zero attached hydrogens (tertiary/aromatic N) is 1. The fraction of sp³-hybridized carbons (Fsp3) is 0.0476. The number of fused-ring (bicyclic) bond motifs is 1. The van der Waals surface area contributed by atoms with Gasteiger partial charge in [-0.05, 0) is 49.4 Å². The van der Waals surface area contributed by atoms with Crippen molar-refractivity contribution in [3.05, 3.63) is 89.5 Å². The molecule has 1 heterocycles.